The summed E-state index contributed by atoms with van der Waals surface area (Å²) in [5.41, 5.74) is 2.60. The van der Waals surface area contributed by atoms with E-state index in [4.69, 9.17) is 9.47 Å². The normalized spacial score (nSPS) is 11.7. The molecule has 0 unspecified atom stereocenters. The molecule has 7 heteroatoms. The lowest BCUT2D eigenvalue weighted by atomic mass is 9.90. The summed E-state index contributed by atoms with van der Waals surface area (Å²) in [4.78, 5) is 13.8. The molecule has 0 spiro atoms. The van der Waals surface area contributed by atoms with E-state index in [0.29, 0.717) is 41.3 Å². The molecule has 4 rings (SSSR count). The van der Waals surface area contributed by atoms with Crippen molar-refractivity contribution in [2.45, 2.75) is 13.0 Å². The van der Waals surface area contributed by atoms with Crippen LogP contribution >= 0.6 is 11.3 Å². The fourth-order valence-electron chi connectivity index (χ4n) is 3.68. The van der Waals surface area contributed by atoms with Crippen molar-refractivity contribution in [2.24, 2.45) is 0 Å². The number of fused-ring (bicyclic) bond motifs is 3. The highest BCUT2D eigenvalue weighted by Crippen LogP contribution is 2.42. The van der Waals surface area contributed by atoms with Crippen LogP contribution in [-0.2, 0) is 13.0 Å². The average Bonchev–Trinajstić information content (AvgIpc) is 3.26. The predicted octanol–water partition coefficient (Wildman–Crippen LogP) is 3.56. The average molecular weight is 389 g/mol. The maximum Gasteiger partial charge on any atom is 0.269 e. The highest BCUT2D eigenvalue weighted by atomic mass is 32.1. The van der Waals surface area contributed by atoms with Crippen LogP contribution in [0.15, 0.2) is 34.4 Å². The molecule has 0 aliphatic carbocycles. The third kappa shape index (κ3) is 2.49. The summed E-state index contributed by atoms with van der Waals surface area (Å²) in [6.45, 7) is 0.394. The molecule has 0 saturated heterocycles. The van der Waals surface area contributed by atoms with Crippen LogP contribution in [0.1, 0.15) is 16.7 Å². The number of aromatic nitrogens is 1. The Morgan fingerprint density at radius 3 is 2.43 bits per heavy atom. The molecular weight excluding hydrogens is 374 g/mol. The summed E-state index contributed by atoms with van der Waals surface area (Å²) in [7, 11) is 3.11. The minimum Gasteiger partial charge on any atom is -0.493 e. The lowest BCUT2D eigenvalue weighted by Gasteiger charge is -2.25. The predicted molar refractivity (Wildman–Crippen MR) is 106 cm³/mol. The number of rotatable bonds is 3. The van der Waals surface area contributed by atoms with E-state index in [0.717, 1.165) is 16.0 Å². The smallest absolute Gasteiger partial charge is 0.269 e. The van der Waals surface area contributed by atoms with E-state index in [-0.39, 0.29) is 11.1 Å². The minimum absolute atomic E-state index is 0.00618. The van der Waals surface area contributed by atoms with Crippen molar-refractivity contribution in [3.63, 3.8) is 0 Å². The number of hydrogen-bond donors (Lipinski definition) is 0. The van der Waals surface area contributed by atoms with Gasteiger partial charge in [0, 0.05) is 22.5 Å². The zero-order valence-electron chi connectivity index (χ0n) is 15.3. The number of hydrogen-bond acceptors (Lipinski definition) is 6. The van der Waals surface area contributed by atoms with E-state index < -0.39 is 0 Å². The van der Waals surface area contributed by atoms with Gasteiger partial charge in [-0.25, -0.2) is 0 Å². The summed E-state index contributed by atoms with van der Waals surface area (Å²) in [5, 5.41) is 21.5. The van der Waals surface area contributed by atoms with Crippen molar-refractivity contribution in [3.8, 4) is 45.3 Å². The van der Waals surface area contributed by atoms with Crippen LogP contribution in [0.4, 0.5) is 0 Å². The second-order valence-electron chi connectivity index (χ2n) is 6.25. The van der Waals surface area contributed by atoms with Crippen molar-refractivity contribution in [1.29, 1.82) is 10.5 Å². The van der Waals surface area contributed by atoms with Gasteiger partial charge in [0.1, 0.15) is 17.7 Å². The van der Waals surface area contributed by atoms with Crippen molar-refractivity contribution in [2.75, 3.05) is 14.2 Å². The van der Waals surface area contributed by atoms with E-state index in [1.54, 1.807) is 20.3 Å². The van der Waals surface area contributed by atoms with Gasteiger partial charge in [0.25, 0.3) is 5.56 Å². The number of thiophene rings is 1. The second kappa shape index (κ2) is 6.88. The van der Waals surface area contributed by atoms with Crippen LogP contribution in [0, 0.1) is 22.7 Å². The Balaban J connectivity index is 2.15. The molecule has 0 fully saturated rings. The van der Waals surface area contributed by atoms with E-state index in [1.165, 1.54) is 15.9 Å². The van der Waals surface area contributed by atoms with Gasteiger partial charge in [-0.15, -0.1) is 11.3 Å². The van der Waals surface area contributed by atoms with Crippen LogP contribution in [-0.4, -0.2) is 18.8 Å². The Kier molecular flexibility index (Phi) is 4.38. The van der Waals surface area contributed by atoms with Gasteiger partial charge in [-0.05, 0) is 35.6 Å². The van der Waals surface area contributed by atoms with Crippen molar-refractivity contribution in [3.05, 3.63) is 56.7 Å². The topological polar surface area (TPSA) is 88.0 Å². The quantitative estimate of drug-likeness (QED) is 0.683. The molecule has 1 aliphatic rings. The first-order valence-corrected chi connectivity index (χ1v) is 9.42. The van der Waals surface area contributed by atoms with E-state index in [2.05, 4.69) is 6.07 Å². The Hall–Kier alpha value is -3.55. The molecule has 28 heavy (non-hydrogen) atoms. The molecule has 2 aromatic heterocycles. The zero-order chi connectivity index (χ0) is 19.8. The standard InChI is InChI=1S/C21H15N3O3S/c1-26-16-8-12-5-6-24-20(13(12)9-17(16)27-2)14(10-22)19(15(11-23)21(24)25)18-4-3-7-28-18/h3-4,7-9H,5-6H2,1-2H3. The maximum absolute atomic E-state index is 13.1. The number of pyridine rings is 1. The molecule has 0 amide bonds. The van der Waals surface area contributed by atoms with Gasteiger partial charge in [0.15, 0.2) is 11.5 Å². The first-order valence-electron chi connectivity index (χ1n) is 8.54. The van der Waals surface area contributed by atoms with Gasteiger partial charge in [-0.2, -0.15) is 10.5 Å². The summed E-state index contributed by atoms with van der Waals surface area (Å²) in [6.07, 6.45) is 0.594. The van der Waals surface area contributed by atoms with Gasteiger partial charge in [-0.3, -0.25) is 4.79 Å². The van der Waals surface area contributed by atoms with Gasteiger partial charge in [0.2, 0.25) is 0 Å². The molecule has 0 radical (unpaired) electrons. The van der Waals surface area contributed by atoms with E-state index >= 15 is 0 Å². The Morgan fingerprint density at radius 2 is 1.82 bits per heavy atom. The molecule has 0 N–H and O–H groups in total. The van der Waals surface area contributed by atoms with Crippen LogP contribution < -0.4 is 15.0 Å². The molecule has 1 aliphatic heterocycles. The molecule has 0 bridgehead atoms. The monoisotopic (exact) mass is 389 g/mol. The van der Waals surface area contributed by atoms with Crippen LogP contribution in [0.5, 0.6) is 11.5 Å². The first-order chi connectivity index (χ1) is 13.6. The molecule has 0 saturated carbocycles. The Morgan fingerprint density at radius 1 is 1.11 bits per heavy atom. The molecule has 138 valence electrons. The fourth-order valence-corrected chi connectivity index (χ4v) is 4.46. The third-order valence-electron chi connectivity index (χ3n) is 4.93. The van der Waals surface area contributed by atoms with E-state index in [9.17, 15) is 15.3 Å². The number of nitriles is 2. The molecule has 6 nitrogen and oxygen atoms in total. The van der Waals surface area contributed by atoms with Crippen LogP contribution in [0.3, 0.4) is 0 Å². The number of methoxy groups -OCH3 is 2. The van der Waals surface area contributed by atoms with Gasteiger partial charge in [-0.1, -0.05) is 6.07 Å². The van der Waals surface area contributed by atoms with Crippen molar-refractivity contribution < 1.29 is 9.47 Å². The summed E-state index contributed by atoms with van der Waals surface area (Å²) in [5.74, 6) is 1.12. The molecule has 3 aromatic rings. The van der Waals surface area contributed by atoms with Gasteiger partial charge >= 0.3 is 0 Å². The maximum atomic E-state index is 13.1. The Labute approximate surface area is 165 Å². The summed E-state index contributed by atoms with van der Waals surface area (Å²) in [6, 6.07) is 11.6. The zero-order valence-corrected chi connectivity index (χ0v) is 16.1. The van der Waals surface area contributed by atoms with E-state index in [1.807, 2.05) is 29.6 Å². The lowest BCUT2D eigenvalue weighted by Crippen LogP contribution is -2.30. The molecule has 0 atom stereocenters. The molecule has 3 heterocycles. The highest BCUT2D eigenvalue weighted by molar-refractivity contribution is 7.13. The highest BCUT2D eigenvalue weighted by Gasteiger charge is 2.29. The third-order valence-corrected chi connectivity index (χ3v) is 5.81. The van der Waals surface area contributed by atoms with Crippen LogP contribution in [0.25, 0.3) is 21.7 Å². The summed E-state index contributed by atoms with van der Waals surface area (Å²) >= 11 is 1.39. The van der Waals surface area contributed by atoms with Gasteiger partial charge in [0.05, 0.1) is 25.5 Å². The Bertz CT molecular complexity index is 1230. The number of aryl methyl sites for hydroxylation is 1. The van der Waals surface area contributed by atoms with Gasteiger partial charge < -0.3 is 14.0 Å². The fraction of sp³-hybridized carbons (Fsp3) is 0.190. The second-order valence-corrected chi connectivity index (χ2v) is 7.19. The van der Waals surface area contributed by atoms with Crippen LogP contribution in [0.2, 0.25) is 0 Å². The lowest BCUT2D eigenvalue weighted by molar-refractivity contribution is 0.354. The van der Waals surface area contributed by atoms with Crippen molar-refractivity contribution in [1.82, 2.24) is 4.57 Å². The molecule has 1 aromatic carbocycles. The SMILES string of the molecule is COc1cc2c(cc1OC)-c1c(C#N)c(-c3cccs3)c(C#N)c(=O)n1CC2. The number of ether oxygens (including phenoxy) is 2. The van der Waals surface area contributed by atoms with Crippen molar-refractivity contribution >= 4 is 11.3 Å². The minimum atomic E-state index is -0.375. The number of nitrogens with zero attached hydrogens (tertiary/aromatic N) is 3. The largest absolute Gasteiger partial charge is 0.493 e. The first kappa shape index (κ1) is 17.8. The number of benzene rings is 1. The molecular formula is C21H15N3O3S. The summed E-state index contributed by atoms with van der Waals surface area (Å²) < 4.78 is 12.3.